The summed E-state index contributed by atoms with van der Waals surface area (Å²) >= 11 is 5.95. The third-order valence-electron chi connectivity index (χ3n) is 2.65. The largest absolute Gasteiger partial charge is 0.373 e. The van der Waals surface area contributed by atoms with E-state index in [2.05, 4.69) is 11.4 Å². The number of halogens is 1. The quantitative estimate of drug-likeness (QED) is 0.729. The van der Waals surface area contributed by atoms with E-state index in [9.17, 15) is 0 Å². The Balaban J connectivity index is 2.52. The van der Waals surface area contributed by atoms with Gasteiger partial charge < -0.3 is 5.32 Å². The predicted molar refractivity (Wildman–Crippen MR) is 58.8 cm³/mol. The molecule has 0 aromatic heterocycles. The van der Waals surface area contributed by atoms with Gasteiger partial charge in [0.25, 0.3) is 0 Å². The first-order chi connectivity index (χ1) is 6.77. The molecule has 1 aliphatic rings. The number of hydrogen-bond acceptors (Lipinski definition) is 2. The topological polar surface area (TPSA) is 35.8 Å². The van der Waals surface area contributed by atoms with Crippen LogP contribution >= 0.6 is 11.6 Å². The minimum atomic E-state index is 0.457. The molecule has 1 rings (SSSR count). The maximum Gasteiger partial charge on any atom is 0.128 e. The van der Waals surface area contributed by atoms with Gasteiger partial charge in [-0.1, -0.05) is 37.8 Å². The molecule has 0 saturated heterocycles. The number of nitrogens with zero attached hydrogens (tertiary/aromatic N) is 1. The molecule has 0 unspecified atom stereocenters. The minimum absolute atomic E-state index is 0.457. The van der Waals surface area contributed by atoms with Crippen LogP contribution < -0.4 is 5.32 Å². The van der Waals surface area contributed by atoms with Gasteiger partial charge in [0, 0.05) is 6.04 Å². The molecule has 0 radical (unpaired) electrons. The van der Waals surface area contributed by atoms with Crippen molar-refractivity contribution in [2.24, 2.45) is 0 Å². The smallest absolute Gasteiger partial charge is 0.128 e. The SMILES string of the molecule is CC/C(Cl)=C(\C#N)NC1CCCCC1. The summed E-state index contributed by atoms with van der Waals surface area (Å²) in [4.78, 5) is 0. The van der Waals surface area contributed by atoms with Crippen molar-refractivity contribution < 1.29 is 0 Å². The molecule has 1 fully saturated rings. The van der Waals surface area contributed by atoms with E-state index >= 15 is 0 Å². The van der Waals surface area contributed by atoms with Crippen molar-refractivity contribution in [1.82, 2.24) is 5.32 Å². The zero-order valence-corrected chi connectivity index (χ0v) is 9.40. The van der Waals surface area contributed by atoms with Crippen LogP contribution in [0.5, 0.6) is 0 Å². The molecule has 0 aromatic rings. The summed E-state index contributed by atoms with van der Waals surface area (Å²) < 4.78 is 0. The first-order valence-corrected chi connectivity index (χ1v) is 5.71. The normalized spacial score (nSPS) is 19.8. The Morgan fingerprint density at radius 2 is 2.07 bits per heavy atom. The van der Waals surface area contributed by atoms with Crippen molar-refractivity contribution in [3.8, 4) is 6.07 Å². The van der Waals surface area contributed by atoms with Gasteiger partial charge in [0.1, 0.15) is 11.8 Å². The van der Waals surface area contributed by atoms with Crippen LogP contribution in [0.3, 0.4) is 0 Å². The fourth-order valence-electron chi connectivity index (χ4n) is 1.80. The van der Waals surface area contributed by atoms with E-state index in [1.165, 1.54) is 32.1 Å². The maximum absolute atomic E-state index is 8.90. The number of allylic oxidation sites excluding steroid dienone is 2. The zero-order chi connectivity index (χ0) is 10.4. The van der Waals surface area contributed by atoms with Crippen molar-refractivity contribution in [3.63, 3.8) is 0 Å². The maximum atomic E-state index is 8.90. The van der Waals surface area contributed by atoms with E-state index in [1.54, 1.807) is 0 Å². The summed E-state index contributed by atoms with van der Waals surface area (Å²) in [6.07, 6.45) is 6.91. The van der Waals surface area contributed by atoms with Gasteiger partial charge in [-0.25, -0.2) is 0 Å². The van der Waals surface area contributed by atoms with Crippen LogP contribution in [0.4, 0.5) is 0 Å². The summed E-state index contributed by atoms with van der Waals surface area (Å²) in [6, 6.07) is 2.59. The average Bonchev–Trinajstić information content (AvgIpc) is 2.26. The molecule has 1 saturated carbocycles. The molecule has 0 amide bonds. The molecule has 14 heavy (non-hydrogen) atoms. The fraction of sp³-hybridized carbons (Fsp3) is 0.727. The molecule has 0 aliphatic heterocycles. The molecule has 3 heteroatoms. The number of nitriles is 1. The van der Waals surface area contributed by atoms with Crippen molar-refractivity contribution in [3.05, 3.63) is 10.7 Å². The number of nitrogens with one attached hydrogen (secondary N) is 1. The average molecular weight is 213 g/mol. The lowest BCUT2D eigenvalue weighted by molar-refractivity contribution is 0.399. The second-order valence-corrected chi connectivity index (χ2v) is 4.18. The van der Waals surface area contributed by atoms with Gasteiger partial charge in [0.15, 0.2) is 0 Å². The summed E-state index contributed by atoms with van der Waals surface area (Å²) in [7, 11) is 0. The Morgan fingerprint density at radius 1 is 1.43 bits per heavy atom. The summed E-state index contributed by atoms with van der Waals surface area (Å²) in [5, 5.41) is 12.8. The Hall–Kier alpha value is -0.680. The lowest BCUT2D eigenvalue weighted by atomic mass is 9.95. The molecule has 1 N–H and O–H groups in total. The molecular weight excluding hydrogens is 196 g/mol. The van der Waals surface area contributed by atoms with Crippen LogP contribution in [0.15, 0.2) is 10.7 Å². The molecule has 1 aliphatic carbocycles. The van der Waals surface area contributed by atoms with Crippen molar-refractivity contribution in [1.29, 1.82) is 5.26 Å². The van der Waals surface area contributed by atoms with Crippen molar-refractivity contribution in [2.75, 3.05) is 0 Å². The molecule has 0 heterocycles. The van der Waals surface area contributed by atoms with Crippen LogP contribution in [0, 0.1) is 11.3 Å². The Bertz CT molecular complexity index is 247. The van der Waals surface area contributed by atoms with Gasteiger partial charge in [-0.3, -0.25) is 0 Å². The van der Waals surface area contributed by atoms with Crippen LogP contribution in [-0.2, 0) is 0 Å². The van der Waals surface area contributed by atoms with Gasteiger partial charge in [-0.05, 0) is 19.3 Å². The minimum Gasteiger partial charge on any atom is -0.373 e. The lowest BCUT2D eigenvalue weighted by Crippen LogP contribution is -2.30. The van der Waals surface area contributed by atoms with E-state index < -0.39 is 0 Å². The predicted octanol–water partition coefficient (Wildman–Crippen LogP) is 3.29. The van der Waals surface area contributed by atoms with Gasteiger partial charge in [0.2, 0.25) is 0 Å². The van der Waals surface area contributed by atoms with E-state index in [0.29, 0.717) is 16.8 Å². The molecule has 0 spiro atoms. The lowest BCUT2D eigenvalue weighted by Gasteiger charge is -2.23. The molecule has 78 valence electrons. The Kier molecular flexibility index (Phi) is 4.82. The standard InChI is InChI=1S/C11H17ClN2/c1-2-10(12)11(8-13)14-9-6-4-3-5-7-9/h9,14H,2-7H2,1H3/b11-10-. The monoisotopic (exact) mass is 212 g/mol. The highest BCUT2D eigenvalue weighted by Gasteiger charge is 2.14. The van der Waals surface area contributed by atoms with E-state index in [4.69, 9.17) is 16.9 Å². The first kappa shape index (κ1) is 11.4. The highest BCUT2D eigenvalue weighted by atomic mass is 35.5. The Morgan fingerprint density at radius 3 is 2.57 bits per heavy atom. The third-order valence-corrected chi connectivity index (χ3v) is 3.10. The van der Waals surface area contributed by atoms with Gasteiger partial charge in [0.05, 0.1) is 5.03 Å². The van der Waals surface area contributed by atoms with Crippen LogP contribution in [0.25, 0.3) is 0 Å². The fourth-order valence-corrected chi connectivity index (χ4v) is 1.90. The summed E-state index contributed by atoms with van der Waals surface area (Å²) in [5.41, 5.74) is 0.570. The van der Waals surface area contributed by atoms with Gasteiger partial charge in [-0.15, -0.1) is 0 Å². The van der Waals surface area contributed by atoms with E-state index in [-0.39, 0.29) is 0 Å². The van der Waals surface area contributed by atoms with Crippen molar-refractivity contribution in [2.45, 2.75) is 51.5 Å². The highest BCUT2D eigenvalue weighted by Crippen LogP contribution is 2.20. The summed E-state index contributed by atoms with van der Waals surface area (Å²) in [6.45, 7) is 1.96. The Labute approximate surface area is 90.9 Å². The second-order valence-electron chi connectivity index (χ2n) is 3.72. The van der Waals surface area contributed by atoms with E-state index in [1.807, 2.05) is 6.92 Å². The highest BCUT2D eigenvalue weighted by molar-refractivity contribution is 6.30. The first-order valence-electron chi connectivity index (χ1n) is 5.33. The summed E-state index contributed by atoms with van der Waals surface area (Å²) in [5.74, 6) is 0. The van der Waals surface area contributed by atoms with Crippen LogP contribution in [0.2, 0.25) is 0 Å². The molecule has 0 atom stereocenters. The van der Waals surface area contributed by atoms with Crippen LogP contribution in [0.1, 0.15) is 45.4 Å². The van der Waals surface area contributed by atoms with E-state index in [0.717, 1.165) is 6.42 Å². The molecule has 0 aromatic carbocycles. The van der Waals surface area contributed by atoms with Crippen molar-refractivity contribution >= 4 is 11.6 Å². The molecule has 0 bridgehead atoms. The molecule has 2 nitrogen and oxygen atoms in total. The number of rotatable bonds is 3. The van der Waals surface area contributed by atoms with Gasteiger partial charge in [-0.2, -0.15) is 5.26 Å². The number of hydrogen-bond donors (Lipinski definition) is 1. The molecular formula is C11H17ClN2. The second kappa shape index (κ2) is 5.93. The van der Waals surface area contributed by atoms with Crippen LogP contribution in [-0.4, -0.2) is 6.04 Å². The van der Waals surface area contributed by atoms with Gasteiger partial charge >= 0.3 is 0 Å². The zero-order valence-electron chi connectivity index (χ0n) is 8.65. The third kappa shape index (κ3) is 3.23.